The van der Waals surface area contributed by atoms with E-state index in [1.54, 1.807) is 17.2 Å². The van der Waals surface area contributed by atoms with Crippen molar-refractivity contribution in [2.75, 3.05) is 26.3 Å². The van der Waals surface area contributed by atoms with Crippen molar-refractivity contribution >= 4 is 27.8 Å². The van der Waals surface area contributed by atoms with Crippen molar-refractivity contribution in [1.82, 2.24) is 4.90 Å². The molecule has 1 aromatic carbocycles. The van der Waals surface area contributed by atoms with Gasteiger partial charge in [0.1, 0.15) is 11.2 Å². The second-order valence-corrected chi connectivity index (χ2v) is 6.43. The predicted octanol–water partition coefficient (Wildman–Crippen LogP) is 2.56. The number of ether oxygens (including phenoxy) is 1. The van der Waals surface area contributed by atoms with Gasteiger partial charge in [0.25, 0.3) is 0 Å². The van der Waals surface area contributed by atoms with Crippen molar-refractivity contribution in [1.29, 1.82) is 0 Å². The van der Waals surface area contributed by atoms with Gasteiger partial charge in [-0.05, 0) is 31.0 Å². The first kappa shape index (κ1) is 15.9. The van der Waals surface area contributed by atoms with Gasteiger partial charge < -0.3 is 18.5 Å². The topological polar surface area (TPSA) is 72.9 Å². The van der Waals surface area contributed by atoms with Crippen molar-refractivity contribution in [3.63, 3.8) is 0 Å². The number of furan rings is 1. The number of benzene rings is 1. The molecule has 1 fully saturated rings. The van der Waals surface area contributed by atoms with E-state index in [0.29, 0.717) is 43.0 Å². The summed E-state index contributed by atoms with van der Waals surface area (Å²) >= 11 is 0. The van der Waals surface area contributed by atoms with Gasteiger partial charge in [-0.1, -0.05) is 0 Å². The molecule has 1 saturated heterocycles. The molecule has 0 atom stereocenters. The molecular weight excluding hydrogens is 322 g/mol. The van der Waals surface area contributed by atoms with E-state index in [1.807, 2.05) is 19.9 Å². The first-order valence-corrected chi connectivity index (χ1v) is 8.34. The molecule has 0 aliphatic carbocycles. The summed E-state index contributed by atoms with van der Waals surface area (Å²) in [5.41, 5.74) is 2.93. The van der Waals surface area contributed by atoms with Crippen LogP contribution in [0.1, 0.15) is 16.7 Å². The lowest BCUT2D eigenvalue weighted by Crippen LogP contribution is -2.42. The zero-order valence-corrected chi connectivity index (χ0v) is 14.3. The summed E-state index contributed by atoms with van der Waals surface area (Å²) in [6.45, 7) is 6.03. The smallest absolute Gasteiger partial charge is 0.340 e. The highest BCUT2D eigenvalue weighted by atomic mass is 16.5. The number of rotatable bonds is 2. The Morgan fingerprint density at radius 1 is 1.12 bits per heavy atom. The molecule has 25 heavy (non-hydrogen) atoms. The first-order valence-electron chi connectivity index (χ1n) is 8.34. The van der Waals surface area contributed by atoms with E-state index in [0.717, 1.165) is 21.9 Å². The molecule has 3 heterocycles. The van der Waals surface area contributed by atoms with Gasteiger partial charge in [0.15, 0.2) is 0 Å². The molecule has 3 aromatic rings. The Morgan fingerprint density at radius 2 is 1.88 bits per heavy atom. The Balaban J connectivity index is 1.77. The maximum absolute atomic E-state index is 12.5. The van der Waals surface area contributed by atoms with Crippen LogP contribution in [0.2, 0.25) is 0 Å². The lowest BCUT2D eigenvalue weighted by molar-refractivity contribution is -0.134. The van der Waals surface area contributed by atoms with Crippen LogP contribution in [0.15, 0.2) is 32.0 Å². The lowest BCUT2D eigenvalue weighted by atomic mass is 10.0. The fourth-order valence-corrected chi connectivity index (χ4v) is 3.32. The molecule has 6 nitrogen and oxygen atoms in total. The van der Waals surface area contributed by atoms with Crippen LogP contribution < -0.4 is 5.63 Å². The van der Waals surface area contributed by atoms with Crippen molar-refractivity contribution < 1.29 is 18.4 Å². The number of hydrogen-bond donors (Lipinski definition) is 0. The number of morpholine rings is 1. The molecule has 1 amide bonds. The quantitative estimate of drug-likeness (QED) is 0.670. The monoisotopic (exact) mass is 341 g/mol. The van der Waals surface area contributed by atoms with E-state index < -0.39 is 5.63 Å². The highest BCUT2D eigenvalue weighted by molar-refractivity contribution is 5.96. The van der Waals surface area contributed by atoms with Gasteiger partial charge >= 0.3 is 5.63 Å². The largest absolute Gasteiger partial charge is 0.464 e. The number of amides is 1. The molecule has 1 aliphatic heterocycles. The Kier molecular flexibility index (Phi) is 3.84. The van der Waals surface area contributed by atoms with Gasteiger partial charge in [0, 0.05) is 29.9 Å². The van der Waals surface area contributed by atoms with E-state index in [4.69, 9.17) is 13.6 Å². The molecule has 0 bridgehead atoms. The summed E-state index contributed by atoms with van der Waals surface area (Å²) in [4.78, 5) is 26.7. The van der Waals surface area contributed by atoms with E-state index in [2.05, 4.69) is 0 Å². The molecule has 0 unspecified atom stereocenters. The number of carbonyl (C=O) groups excluding carboxylic acids is 1. The molecule has 130 valence electrons. The van der Waals surface area contributed by atoms with Gasteiger partial charge in [0.2, 0.25) is 5.91 Å². The molecule has 1 aliphatic rings. The first-order chi connectivity index (χ1) is 12.0. The molecule has 0 N–H and O–H groups in total. The highest BCUT2D eigenvalue weighted by Crippen LogP contribution is 2.28. The zero-order valence-electron chi connectivity index (χ0n) is 14.3. The average molecular weight is 341 g/mol. The number of aryl methyl sites for hydroxylation is 2. The SMILES string of the molecule is Cc1coc2cc3oc(=O)c(CC(=O)N4CCOCC4)c(C)c3cc12. The second-order valence-electron chi connectivity index (χ2n) is 6.43. The molecule has 0 spiro atoms. The summed E-state index contributed by atoms with van der Waals surface area (Å²) in [6, 6.07) is 3.70. The summed E-state index contributed by atoms with van der Waals surface area (Å²) in [7, 11) is 0. The van der Waals surface area contributed by atoms with Crippen LogP contribution in [0, 0.1) is 13.8 Å². The Labute approximate surface area is 144 Å². The maximum atomic E-state index is 12.5. The predicted molar refractivity (Wildman–Crippen MR) is 92.8 cm³/mol. The van der Waals surface area contributed by atoms with Gasteiger partial charge in [0.05, 0.1) is 31.5 Å². The summed E-state index contributed by atoms with van der Waals surface area (Å²) in [5, 5.41) is 1.82. The lowest BCUT2D eigenvalue weighted by Gasteiger charge is -2.26. The summed E-state index contributed by atoms with van der Waals surface area (Å²) in [5.74, 6) is -0.0707. The molecule has 2 aromatic heterocycles. The fourth-order valence-electron chi connectivity index (χ4n) is 3.32. The maximum Gasteiger partial charge on any atom is 0.340 e. The number of fused-ring (bicyclic) bond motifs is 2. The minimum absolute atomic E-state index is 0.0481. The van der Waals surface area contributed by atoms with Crippen molar-refractivity contribution in [3.8, 4) is 0 Å². The molecule has 4 rings (SSSR count). The van der Waals surface area contributed by atoms with E-state index in [9.17, 15) is 9.59 Å². The third-order valence-electron chi connectivity index (χ3n) is 4.87. The Morgan fingerprint density at radius 3 is 2.64 bits per heavy atom. The third-order valence-corrected chi connectivity index (χ3v) is 4.87. The van der Waals surface area contributed by atoms with Crippen LogP contribution in [0.4, 0.5) is 0 Å². The van der Waals surface area contributed by atoms with Gasteiger partial charge in [-0.2, -0.15) is 0 Å². The average Bonchev–Trinajstić information content (AvgIpc) is 2.98. The fraction of sp³-hybridized carbons (Fsp3) is 0.368. The van der Waals surface area contributed by atoms with Crippen LogP contribution in [0.5, 0.6) is 0 Å². The van der Waals surface area contributed by atoms with E-state index in [-0.39, 0.29) is 12.3 Å². The van der Waals surface area contributed by atoms with Crippen LogP contribution in [0.3, 0.4) is 0 Å². The van der Waals surface area contributed by atoms with Crippen LogP contribution >= 0.6 is 0 Å². The summed E-state index contributed by atoms with van der Waals surface area (Å²) in [6.07, 6.45) is 1.73. The minimum Gasteiger partial charge on any atom is -0.464 e. The minimum atomic E-state index is -0.464. The normalized spacial score (nSPS) is 15.2. The van der Waals surface area contributed by atoms with Crippen molar-refractivity contribution in [3.05, 3.63) is 45.5 Å². The molecule has 0 saturated carbocycles. The van der Waals surface area contributed by atoms with Crippen molar-refractivity contribution in [2.24, 2.45) is 0 Å². The Bertz CT molecular complexity index is 1020. The van der Waals surface area contributed by atoms with Gasteiger partial charge in [-0.15, -0.1) is 0 Å². The van der Waals surface area contributed by atoms with E-state index >= 15 is 0 Å². The molecular formula is C19H19NO5. The van der Waals surface area contributed by atoms with Crippen LogP contribution in [0.25, 0.3) is 21.9 Å². The van der Waals surface area contributed by atoms with Gasteiger partial charge in [-0.25, -0.2) is 4.79 Å². The van der Waals surface area contributed by atoms with Crippen molar-refractivity contribution in [2.45, 2.75) is 20.3 Å². The third kappa shape index (κ3) is 2.72. The molecule has 6 heteroatoms. The van der Waals surface area contributed by atoms with Crippen LogP contribution in [-0.2, 0) is 16.0 Å². The highest BCUT2D eigenvalue weighted by Gasteiger charge is 2.21. The summed E-state index contributed by atoms with van der Waals surface area (Å²) < 4.78 is 16.2. The Hall–Kier alpha value is -2.60. The van der Waals surface area contributed by atoms with Crippen LogP contribution in [-0.4, -0.2) is 37.1 Å². The van der Waals surface area contributed by atoms with E-state index in [1.165, 1.54) is 0 Å². The van der Waals surface area contributed by atoms with Gasteiger partial charge in [-0.3, -0.25) is 4.79 Å². The zero-order chi connectivity index (χ0) is 17.6. The standard InChI is InChI=1S/C19H19NO5/c1-11-10-24-16-9-17-14(7-13(11)16)12(2)15(19(22)25-17)8-18(21)20-3-5-23-6-4-20/h7,9-10H,3-6,8H2,1-2H3. The molecule has 0 radical (unpaired) electrons. The number of hydrogen-bond acceptors (Lipinski definition) is 5. The number of nitrogens with zero attached hydrogens (tertiary/aromatic N) is 1. The second kappa shape index (κ2) is 6.04. The number of carbonyl (C=O) groups is 1.